The van der Waals surface area contributed by atoms with Crippen molar-refractivity contribution < 1.29 is 18.3 Å². The van der Waals surface area contributed by atoms with Gasteiger partial charge in [-0.2, -0.15) is 0 Å². The molecule has 0 fully saturated rings. The summed E-state index contributed by atoms with van der Waals surface area (Å²) >= 11 is 0. The molecule has 0 aliphatic rings. The van der Waals surface area contributed by atoms with E-state index in [0.29, 0.717) is 16.8 Å². The number of carbonyl (C=O) groups excluding carboxylic acids is 1. The van der Waals surface area contributed by atoms with E-state index in [-0.39, 0.29) is 23.6 Å². The van der Waals surface area contributed by atoms with Crippen molar-refractivity contribution >= 4 is 17.1 Å². The number of hydrogen-bond donors (Lipinski definition) is 0. The molecule has 0 spiro atoms. The van der Waals surface area contributed by atoms with Crippen molar-refractivity contribution in [2.24, 2.45) is 0 Å². The van der Waals surface area contributed by atoms with E-state index in [9.17, 15) is 9.18 Å². The van der Waals surface area contributed by atoms with Crippen LogP contribution in [0.4, 0.5) is 4.39 Å². The van der Waals surface area contributed by atoms with Gasteiger partial charge in [-0.3, -0.25) is 0 Å². The fraction of sp³-hybridized carbons (Fsp3) is 0.300. The molecule has 3 aromatic rings. The lowest BCUT2D eigenvalue weighted by atomic mass is 9.86. The number of esters is 1. The first-order valence-corrected chi connectivity index (χ1v) is 8.17. The number of rotatable bonds is 3. The molecule has 0 unspecified atom stereocenters. The third-order valence-electron chi connectivity index (χ3n) is 3.90. The molecule has 0 amide bonds. The summed E-state index contributed by atoms with van der Waals surface area (Å²) in [5.74, 6) is -0.677. The first-order chi connectivity index (χ1) is 11.8. The van der Waals surface area contributed by atoms with Gasteiger partial charge in [-0.05, 0) is 42.7 Å². The Hall–Kier alpha value is -2.69. The molecule has 4 nitrogen and oxygen atoms in total. The number of benzene rings is 1. The maximum atomic E-state index is 13.2. The van der Waals surface area contributed by atoms with E-state index in [4.69, 9.17) is 9.15 Å². The predicted octanol–water partition coefficient (Wildman–Crippen LogP) is 5.11. The highest BCUT2D eigenvalue weighted by atomic mass is 19.1. The van der Waals surface area contributed by atoms with Gasteiger partial charge in [-0.15, -0.1) is 0 Å². The molecular formula is C20H20FNO3. The van der Waals surface area contributed by atoms with Crippen LogP contribution in [0.2, 0.25) is 0 Å². The van der Waals surface area contributed by atoms with Crippen molar-refractivity contribution in [3.8, 4) is 11.3 Å². The van der Waals surface area contributed by atoms with Gasteiger partial charge in [0, 0.05) is 17.2 Å². The number of aromatic nitrogens is 1. The maximum absolute atomic E-state index is 13.2. The molecule has 25 heavy (non-hydrogen) atoms. The Balaban J connectivity index is 2.20. The summed E-state index contributed by atoms with van der Waals surface area (Å²) in [6, 6.07) is 9.68. The van der Waals surface area contributed by atoms with E-state index < -0.39 is 5.97 Å². The van der Waals surface area contributed by atoms with Crippen LogP contribution < -0.4 is 0 Å². The van der Waals surface area contributed by atoms with Crippen molar-refractivity contribution in [3.63, 3.8) is 0 Å². The van der Waals surface area contributed by atoms with Crippen LogP contribution in [0.5, 0.6) is 0 Å². The number of fused-ring (bicyclic) bond motifs is 1. The zero-order valence-electron chi connectivity index (χ0n) is 14.7. The van der Waals surface area contributed by atoms with Crippen molar-refractivity contribution in [3.05, 3.63) is 53.5 Å². The average Bonchev–Trinajstić information content (AvgIpc) is 2.98. The van der Waals surface area contributed by atoms with Crippen LogP contribution in [0.15, 0.2) is 40.8 Å². The quantitative estimate of drug-likeness (QED) is 0.621. The Kier molecular flexibility index (Phi) is 4.33. The van der Waals surface area contributed by atoms with Crippen molar-refractivity contribution in [1.82, 2.24) is 4.98 Å². The number of carbonyl (C=O) groups is 1. The van der Waals surface area contributed by atoms with Crippen molar-refractivity contribution in [2.45, 2.75) is 33.1 Å². The minimum atomic E-state index is -0.510. The Morgan fingerprint density at radius 3 is 2.48 bits per heavy atom. The summed E-state index contributed by atoms with van der Waals surface area (Å²) in [5, 5.41) is 0. The Labute approximate surface area is 145 Å². The first-order valence-electron chi connectivity index (χ1n) is 8.17. The minimum Gasteiger partial charge on any atom is -0.460 e. The highest BCUT2D eigenvalue weighted by Gasteiger charge is 2.24. The van der Waals surface area contributed by atoms with Gasteiger partial charge >= 0.3 is 5.97 Å². The normalized spacial score (nSPS) is 11.7. The molecule has 0 atom stereocenters. The molecule has 0 saturated heterocycles. The highest BCUT2D eigenvalue weighted by Crippen LogP contribution is 2.34. The second kappa shape index (κ2) is 6.31. The average molecular weight is 341 g/mol. The molecular weight excluding hydrogens is 321 g/mol. The molecule has 0 aliphatic heterocycles. The van der Waals surface area contributed by atoms with Crippen LogP contribution in [0.25, 0.3) is 22.4 Å². The molecule has 2 heterocycles. The number of ether oxygens (including phenoxy) is 1. The molecule has 0 radical (unpaired) electrons. The van der Waals surface area contributed by atoms with Gasteiger partial charge in [0.25, 0.3) is 0 Å². The SMILES string of the molecule is CCOC(=O)c1cc2nc(-c3ccc(F)cc3)cc(C(C)(C)C)c2o1. The second-order valence-corrected chi connectivity index (χ2v) is 6.86. The maximum Gasteiger partial charge on any atom is 0.374 e. The first kappa shape index (κ1) is 17.1. The van der Waals surface area contributed by atoms with E-state index in [1.807, 2.05) is 6.07 Å². The largest absolute Gasteiger partial charge is 0.460 e. The van der Waals surface area contributed by atoms with Gasteiger partial charge in [-0.1, -0.05) is 20.8 Å². The highest BCUT2D eigenvalue weighted by molar-refractivity contribution is 5.93. The van der Waals surface area contributed by atoms with Gasteiger partial charge in [0.15, 0.2) is 5.58 Å². The monoisotopic (exact) mass is 341 g/mol. The molecule has 5 heteroatoms. The van der Waals surface area contributed by atoms with Crippen LogP contribution in [0, 0.1) is 5.82 Å². The predicted molar refractivity (Wildman–Crippen MR) is 94.1 cm³/mol. The lowest BCUT2D eigenvalue weighted by Gasteiger charge is -2.20. The molecule has 0 N–H and O–H groups in total. The Morgan fingerprint density at radius 1 is 1.20 bits per heavy atom. The number of halogens is 1. The second-order valence-electron chi connectivity index (χ2n) is 6.86. The van der Waals surface area contributed by atoms with Crippen LogP contribution in [-0.4, -0.2) is 17.6 Å². The van der Waals surface area contributed by atoms with Crippen LogP contribution in [0.1, 0.15) is 43.8 Å². The number of nitrogens with zero attached hydrogens (tertiary/aromatic N) is 1. The molecule has 3 rings (SSSR count). The molecule has 0 aliphatic carbocycles. The van der Waals surface area contributed by atoms with E-state index in [1.165, 1.54) is 12.1 Å². The number of pyridine rings is 1. The zero-order valence-corrected chi connectivity index (χ0v) is 14.7. The van der Waals surface area contributed by atoms with Crippen LogP contribution in [0.3, 0.4) is 0 Å². The summed E-state index contributed by atoms with van der Waals surface area (Å²) in [7, 11) is 0. The molecule has 1 aromatic carbocycles. The lowest BCUT2D eigenvalue weighted by molar-refractivity contribution is 0.0492. The standard InChI is InChI=1S/C20H20FNO3/c1-5-24-19(23)17-11-16-18(25-17)14(20(2,3)4)10-15(22-16)12-6-8-13(21)9-7-12/h6-11H,5H2,1-4H3. The lowest BCUT2D eigenvalue weighted by Crippen LogP contribution is -2.12. The van der Waals surface area contributed by atoms with Gasteiger partial charge in [0.1, 0.15) is 11.3 Å². The Morgan fingerprint density at radius 2 is 1.88 bits per heavy atom. The third-order valence-corrected chi connectivity index (χ3v) is 3.90. The molecule has 0 bridgehead atoms. The smallest absolute Gasteiger partial charge is 0.374 e. The summed E-state index contributed by atoms with van der Waals surface area (Å²) in [6.07, 6.45) is 0. The Bertz CT molecular complexity index is 921. The minimum absolute atomic E-state index is 0.131. The fourth-order valence-electron chi connectivity index (χ4n) is 2.65. The van der Waals surface area contributed by atoms with Gasteiger partial charge < -0.3 is 9.15 Å². The van der Waals surface area contributed by atoms with Crippen molar-refractivity contribution in [1.29, 1.82) is 0 Å². The fourth-order valence-corrected chi connectivity index (χ4v) is 2.65. The van der Waals surface area contributed by atoms with E-state index in [0.717, 1.165) is 11.1 Å². The molecule has 130 valence electrons. The summed E-state index contributed by atoms with van der Waals surface area (Å²) in [4.78, 5) is 16.6. The third kappa shape index (κ3) is 3.40. The number of furan rings is 1. The topological polar surface area (TPSA) is 52.3 Å². The van der Waals surface area contributed by atoms with E-state index >= 15 is 0 Å². The zero-order chi connectivity index (χ0) is 18.2. The van der Waals surface area contributed by atoms with Crippen LogP contribution in [-0.2, 0) is 10.2 Å². The summed E-state index contributed by atoms with van der Waals surface area (Å²) in [6.45, 7) is 8.19. The van der Waals surface area contributed by atoms with Crippen molar-refractivity contribution in [2.75, 3.05) is 6.61 Å². The summed E-state index contributed by atoms with van der Waals surface area (Å²) in [5.41, 5.74) is 3.35. The van der Waals surface area contributed by atoms with E-state index in [2.05, 4.69) is 25.8 Å². The summed E-state index contributed by atoms with van der Waals surface area (Å²) < 4.78 is 24.0. The van der Waals surface area contributed by atoms with Gasteiger partial charge in [0.05, 0.1) is 12.3 Å². The molecule has 2 aromatic heterocycles. The van der Waals surface area contributed by atoms with E-state index in [1.54, 1.807) is 25.1 Å². The van der Waals surface area contributed by atoms with Crippen LogP contribution >= 0.6 is 0 Å². The van der Waals surface area contributed by atoms with Gasteiger partial charge in [-0.25, -0.2) is 14.2 Å². The molecule has 0 saturated carbocycles. The number of hydrogen-bond acceptors (Lipinski definition) is 4. The van der Waals surface area contributed by atoms with Gasteiger partial charge in [0.2, 0.25) is 5.76 Å².